The maximum atomic E-state index is 14.7. The van der Waals surface area contributed by atoms with Crippen LogP contribution in [0.1, 0.15) is 21.6 Å². The zero-order valence-electron chi connectivity index (χ0n) is 17.6. The number of ether oxygens (including phenoxy) is 1. The predicted molar refractivity (Wildman–Crippen MR) is 120 cm³/mol. The van der Waals surface area contributed by atoms with E-state index in [4.69, 9.17) is 4.74 Å². The molecule has 0 radical (unpaired) electrons. The minimum absolute atomic E-state index is 0.0298. The molecule has 0 bridgehead atoms. The molecule has 33 heavy (non-hydrogen) atoms. The van der Waals surface area contributed by atoms with E-state index in [1.54, 1.807) is 17.3 Å². The summed E-state index contributed by atoms with van der Waals surface area (Å²) >= 11 is 1.16. The van der Waals surface area contributed by atoms with E-state index in [0.717, 1.165) is 41.2 Å². The second-order valence-corrected chi connectivity index (χ2v) is 8.21. The smallest absolute Gasteiger partial charge is 0.273 e. The van der Waals surface area contributed by atoms with Crippen LogP contribution in [0.2, 0.25) is 0 Å². The normalized spacial score (nSPS) is 10.8. The van der Waals surface area contributed by atoms with Gasteiger partial charge in [-0.2, -0.15) is 0 Å². The van der Waals surface area contributed by atoms with Crippen LogP contribution in [0.5, 0.6) is 5.75 Å². The van der Waals surface area contributed by atoms with Crippen LogP contribution in [-0.4, -0.2) is 22.8 Å². The Bertz CT molecular complexity index is 1280. The quantitative estimate of drug-likeness (QED) is 0.330. The minimum atomic E-state index is -0.606. The van der Waals surface area contributed by atoms with Gasteiger partial charge in [0.05, 0.1) is 0 Å². The molecule has 1 amide bonds. The summed E-state index contributed by atoms with van der Waals surface area (Å²) in [6.45, 7) is 0.185. The van der Waals surface area contributed by atoms with Crippen molar-refractivity contribution in [3.8, 4) is 16.3 Å². The minimum Gasteiger partial charge on any atom is -0.489 e. The average Bonchev–Trinajstić information content (AvgIpc) is 3.29. The average molecular weight is 469 g/mol. The SMILES string of the molecule is CN(Cc1ccccc1)C(=O)c1csc(-c2ccc(OCc3cc(F)ccc3F)cc2F)n1. The van der Waals surface area contributed by atoms with E-state index >= 15 is 0 Å². The van der Waals surface area contributed by atoms with E-state index in [-0.39, 0.29) is 35.1 Å². The molecular weight excluding hydrogens is 449 g/mol. The van der Waals surface area contributed by atoms with Crippen LogP contribution in [0.25, 0.3) is 10.6 Å². The number of rotatable bonds is 7. The number of amides is 1. The Labute approximate surface area is 192 Å². The van der Waals surface area contributed by atoms with Gasteiger partial charge in [-0.05, 0) is 35.9 Å². The molecule has 0 aliphatic heterocycles. The summed E-state index contributed by atoms with van der Waals surface area (Å²) in [7, 11) is 1.68. The highest BCUT2D eigenvalue weighted by atomic mass is 32.1. The number of hydrogen-bond donors (Lipinski definition) is 0. The Morgan fingerprint density at radius 1 is 1.00 bits per heavy atom. The standard InChI is InChI=1S/C25H19F3N2O2S/c1-30(13-16-5-3-2-4-6-16)25(31)23-15-33-24(29-23)20-9-8-19(12-22(20)28)32-14-17-11-18(26)7-10-21(17)27/h2-12,15H,13-14H2,1H3. The predicted octanol–water partition coefficient (Wildman–Crippen LogP) is 6.08. The number of benzene rings is 3. The number of thiazole rings is 1. The number of aromatic nitrogens is 1. The fourth-order valence-electron chi connectivity index (χ4n) is 3.19. The van der Waals surface area contributed by atoms with Gasteiger partial charge in [-0.15, -0.1) is 11.3 Å². The van der Waals surface area contributed by atoms with Crippen LogP contribution in [-0.2, 0) is 13.2 Å². The van der Waals surface area contributed by atoms with E-state index in [1.165, 1.54) is 12.1 Å². The molecule has 0 unspecified atom stereocenters. The number of hydrogen-bond acceptors (Lipinski definition) is 4. The van der Waals surface area contributed by atoms with Crippen molar-refractivity contribution in [3.63, 3.8) is 0 Å². The molecule has 1 aromatic heterocycles. The van der Waals surface area contributed by atoms with Crippen molar-refractivity contribution in [2.45, 2.75) is 13.2 Å². The van der Waals surface area contributed by atoms with Crippen molar-refractivity contribution in [2.24, 2.45) is 0 Å². The molecule has 4 aromatic rings. The Morgan fingerprint density at radius 2 is 1.79 bits per heavy atom. The van der Waals surface area contributed by atoms with E-state index in [1.807, 2.05) is 30.3 Å². The maximum absolute atomic E-state index is 14.7. The molecule has 0 spiro atoms. The first-order valence-corrected chi connectivity index (χ1v) is 10.9. The highest BCUT2D eigenvalue weighted by Crippen LogP contribution is 2.30. The molecule has 4 nitrogen and oxygen atoms in total. The van der Waals surface area contributed by atoms with Crippen LogP contribution in [0.15, 0.2) is 72.1 Å². The third-order valence-corrected chi connectivity index (χ3v) is 5.78. The molecule has 0 fully saturated rings. The second kappa shape index (κ2) is 9.87. The molecule has 0 aliphatic carbocycles. The molecule has 0 N–H and O–H groups in total. The van der Waals surface area contributed by atoms with E-state index in [0.29, 0.717) is 11.6 Å². The van der Waals surface area contributed by atoms with E-state index < -0.39 is 17.5 Å². The molecule has 0 saturated heterocycles. The molecule has 8 heteroatoms. The van der Waals surface area contributed by atoms with Crippen LogP contribution < -0.4 is 4.74 Å². The van der Waals surface area contributed by atoms with Gasteiger partial charge in [0.2, 0.25) is 0 Å². The number of carbonyl (C=O) groups excluding carboxylic acids is 1. The highest BCUT2D eigenvalue weighted by Gasteiger charge is 2.18. The van der Waals surface area contributed by atoms with Crippen LogP contribution >= 0.6 is 11.3 Å². The van der Waals surface area contributed by atoms with Gasteiger partial charge < -0.3 is 9.64 Å². The van der Waals surface area contributed by atoms with Gasteiger partial charge in [0.1, 0.15) is 40.5 Å². The largest absolute Gasteiger partial charge is 0.489 e. The summed E-state index contributed by atoms with van der Waals surface area (Å²) in [5.41, 5.74) is 1.47. The summed E-state index contributed by atoms with van der Waals surface area (Å²) in [5.74, 6) is -1.89. The molecule has 0 atom stereocenters. The molecule has 0 aliphatic rings. The van der Waals surface area contributed by atoms with E-state index in [9.17, 15) is 18.0 Å². The van der Waals surface area contributed by atoms with Crippen molar-refractivity contribution in [3.05, 3.63) is 106 Å². The van der Waals surface area contributed by atoms with Gasteiger partial charge in [-0.3, -0.25) is 4.79 Å². The second-order valence-electron chi connectivity index (χ2n) is 7.35. The number of carbonyl (C=O) groups is 1. The zero-order chi connectivity index (χ0) is 23.4. The maximum Gasteiger partial charge on any atom is 0.273 e. The Hall–Kier alpha value is -3.65. The third kappa shape index (κ3) is 5.40. The molecule has 1 heterocycles. The van der Waals surface area contributed by atoms with Crippen molar-refractivity contribution in [1.29, 1.82) is 0 Å². The van der Waals surface area contributed by atoms with Crippen LogP contribution in [0, 0.1) is 17.5 Å². The Balaban J connectivity index is 1.44. The van der Waals surface area contributed by atoms with Crippen molar-refractivity contribution in [2.75, 3.05) is 7.05 Å². The first kappa shape index (κ1) is 22.5. The van der Waals surface area contributed by atoms with Gasteiger partial charge in [-0.1, -0.05) is 30.3 Å². The lowest BCUT2D eigenvalue weighted by Crippen LogP contribution is -2.26. The number of halogens is 3. The fraction of sp³-hybridized carbons (Fsp3) is 0.120. The monoisotopic (exact) mass is 468 g/mol. The summed E-state index contributed by atoms with van der Waals surface area (Å²) in [6, 6.07) is 16.8. The van der Waals surface area contributed by atoms with Crippen LogP contribution in [0.4, 0.5) is 13.2 Å². The topological polar surface area (TPSA) is 42.4 Å². The highest BCUT2D eigenvalue weighted by molar-refractivity contribution is 7.13. The third-order valence-electron chi connectivity index (χ3n) is 4.91. The van der Waals surface area contributed by atoms with Gasteiger partial charge in [0, 0.05) is 36.2 Å². The summed E-state index contributed by atoms with van der Waals surface area (Å²) in [5, 5.41) is 1.95. The van der Waals surface area contributed by atoms with E-state index in [2.05, 4.69) is 4.98 Å². The first-order chi connectivity index (χ1) is 15.9. The van der Waals surface area contributed by atoms with Crippen LogP contribution in [0.3, 0.4) is 0 Å². The molecule has 4 rings (SSSR count). The fourth-order valence-corrected chi connectivity index (χ4v) is 4.01. The first-order valence-electron chi connectivity index (χ1n) is 10.0. The lowest BCUT2D eigenvalue weighted by atomic mass is 10.2. The van der Waals surface area contributed by atoms with Gasteiger partial charge in [-0.25, -0.2) is 18.2 Å². The summed E-state index contributed by atoms with van der Waals surface area (Å²) in [4.78, 5) is 18.6. The summed E-state index contributed by atoms with van der Waals surface area (Å²) in [6.07, 6.45) is 0. The summed E-state index contributed by atoms with van der Waals surface area (Å²) < 4.78 is 47.1. The van der Waals surface area contributed by atoms with Gasteiger partial charge >= 0.3 is 0 Å². The van der Waals surface area contributed by atoms with Crippen molar-refractivity contribution >= 4 is 17.2 Å². The van der Waals surface area contributed by atoms with Crippen molar-refractivity contribution < 1.29 is 22.7 Å². The van der Waals surface area contributed by atoms with Crippen molar-refractivity contribution in [1.82, 2.24) is 9.88 Å². The van der Waals surface area contributed by atoms with Gasteiger partial charge in [0.15, 0.2) is 0 Å². The number of nitrogens with zero attached hydrogens (tertiary/aromatic N) is 2. The Kier molecular flexibility index (Phi) is 6.74. The lowest BCUT2D eigenvalue weighted by molar-refractivity contribution is 0.0780. The molecule has 168 valence electrons. The lowest BCUT2D eigenvalue weighted by Gasteiger charge is -2.15. The molecular formula is C25H19F3N2O2S. The Morgan fingerprint density at radius 3 is 2.55 bits per heavy atom. The molecule has 0 saturated carbocycles. The van der Waals surface area contributed by atoms with Gasteiger partial charge in [0.25, 0.3) is 5.91 Å². The molecule has 3 aromatic carbocycles. The zero-order valence-corrected chi connectivity index (χ0v) is 18.4.